The van der Waals surface area contributed by atoms with E-state index in [9.17, 15) is 4.79 Å². The molecule has 0 bridgehead atoms. The molecular formula is C19H13N3O2S3. The van der Waals surface area contributed by atoms with Crippen LogP contribution < -0.4 is 5.56 Å². The summed E-state index contributed by atoms with van der Waals surface area (Å²) in [4.78, 5) is 26.7. The van der Waals surface area contributed by atoms with Gasteiger partial charge in [-0.05, 0) is 30.5 Å². The Morgan fingerprint density at radius 1 is 1.15 bits per heavy atom. The number of oxazole rings is 1. The van der Waals surface area contributed by atoms with Gasteiger partial charge in [0.15, 0.2) is 5.58 Å². The lowest BCUT2D eigenvalue weighted by Gasteiger charge is -2.07. The van der Waals surface area contributed by atoms with Crippen LogP contribution in [0.25, 0.3) is 31.8 Å². The molecule has 0 aliphatic rings. The molecule has 1 atom stereocenters. The monoisotopic (exact) mass is 411 g/mol. The van der Waals surface area contributed by atoms with Gasteiger partial charge in [0, 0.05) is 15.8 Å². The summed E-state index contributed by atoms with van der Waals surface area (Å²) < 4.78 is 5.77. The molecule has 27 heavy (non-hydrogen) atoms. The van der Waals surface area contributed by atoms with Crippen molar-refractivity contribution in [2.45, 2.75) is 17.4 Å². The molecule has 1 unspecified atom stereocenters. The molecule has 0 saturated carbocycles. The fraction of sp³-hybridized carbons (Fsp3) is 0.105. The van der Waals surface area contributed by atoms with Crippen LogP contribution in [0.4, 0.5) is 0 Å². The van der Waals surface area contributed by atoms with Crippen LogP contribution in [-0.4, -0.2) is 15.0 Å². The Labute approximate surface area is 166 Å². The molecule has 8 heteroatoms. The van der Waals surface area contributed by atoms with Gasteiger partial charge in [0.1, 0.15) is 16.2 Å². The number of nitrogens with zero attached hydrogens (tertiary/aromatic N) is 2. The average Bonchev–Trinajstić information content (AvgIpc) is 3.39. The molecule has 5 nitrogen and oxygen atoms in total. The van der Waals surface area contributed by atoms with Crippen molar-refractivity contribution in [1.29, 1.82) is 0 Å². The number of aromatic nitrogens is 3. The molecule has 0 aliphatic heterocycles. The second-order valence-corrected chi connectivity index (χ2v) is 9.06. The Hall–Kier alpha value is -2.42. The summed E-state index contributed by atoms with van der Waals surface area (Å²) >= 11 is 4.56. The SMILES string of the molecule is CC(Sc1nc2ccccc2o1)c1nc2scc(-c3cccs3)c2c(=O)[nH]1. The zero-order valence-corrected chi connectivity index (χ0v) is 16.6. The van der Waals surface area contributed by atoms with E-state index in [1.807, 2.05) is 54.1 Å². The Morgan fingerprint density at radius 3 is 2.85 bits per heavy atom. The summed E-state index contributed by atoms with van der Waals surface area (Å²) in [5.41, 5.74) is 2.42. The molecule has 0 fully saturated rings. The lowest BCUT2D eigenvalue weighted by atomic mass is 10.2. The minimum absolute atomic E-state index is 0.0950. The molecule has 1 aromatic carbocycles. The van der Waals surface area contributed by atoms with Crippen LogP contribution in [-0.2, 0) is 0 Å². The van der Waals surface area contributed by atoms with Crippen molar-refractivity contribution in [3.05, 3.63) is 63.3 Å². The van der Waals surface area contributed by atoms with Gasteiger partial charge in [-0.1, -0.05) is 30.0 Å². The van der Waals surface area contributed by atoms with Crippen molar-refractivity contribution in [2.75, 3.05) is 0 Å². The maximum absolute atomic E-state index is 12.7. The highest BCUT2D eigenvalue weighted by molar-refractivity contribution is 7.99. The van der Waals surface area contributed by atoms with Gasteiger partial charge in [-0.15, -0.1) is 22.7 Å². The normalized spacial score (nSPS) is 12.8. The van der Waals surface area contributed by atoms with E-state index in [0.29, 0.717) is 16.4 Å². The predicted octanol–water partition coefficient (Wildman–Crippen LogP) is 5.71. The summed E-state index contributed by atoms with van der Waals surface area (Å²) in [6.45, 7) is 1.98. The highest BCUT2D eigenvalue weighted by atomic mass is 32.2. The van der Waals surface area contributed by atoms with Crippen molar-refractivity contribution < 1.29 is 4.42 Å². The van der Waals surface area contributed by atoms with E-state index in [-0.39, 0.29) is 10.8 Å². The van der Waals surface area contributed by atoms with Gasteiger partial charge in [-0.2, -0.15) is 0 Å². The van der Waals surface area contributed by atoms with Crippen LogP contribution in [0.5, 0.6) is 0 Å². The number of aromatic amines is 1. The van der Waals surface area contributed by atoms with Gasteiger partial charge in [0.25, 0.3) is 10.8 Å². The largest absolute Gasteiger partial charge is 0.431 e. The van der Waals surface area contributed by atoms with Gasteiger partial charge in [-0.3, -0.25) is 4.79 Å². The maximum atomic E-state index is 12.7. The Kier molecular flexibility index (Phi) is 4.11. The molecule has 134 valence electrons. The first-order valence-corrected chi connectivity index (χ1v) is 10.9. The Balaban J connectivity index is 1.50. The minimum atomic E-state index is -0.107. The molecule has 0 amide bonds. The highest BCUT2D eigenvalue weighted by Crippen LogP contribution is 2.37. The molecule has 0 radical (unpaired) electrons. The molecule has 0 saturated heterocycles. The fourth-order valence-electron chi connectivity index (χ4n) is 2.88. The molecule has 4 heterocycles. The second kappa shape index (κ2) is 6.63. The van der Waals surface area contributed by atoms with E-state index in [1.165, 1.54) is 23.1 Å². The number of H-pyrrole nitrogens is 1. The van der Waals surface area contributed by atoms with E-state index >= 15 is 0 Å². The zero-order valence-electron chi connectivity index (χ0n) is 14.1. The van der Waals surface area contributed by atoms with Crippen LogP contribution in [0.15, 0.2) is 61.6 Å². The zero-order chi connectivity index (χ0) is 18.4. The number of hydrogen-bond acceptors (Lipinski definition) is 7. The summed E-state index contributed by atoms with van der Waals surface area (Å²) in [5.74, 6) is 0.624. The fourth-order valence-corrected chi connectivity index (χ4v) is 5.46. The van der Waals surface area contributed by atoms with Crippen LogP contribution in [0.2, 0.25) is 0 Å². The third kappa shape index (κ3) is 2.99. The van der Waals surface area contributed by atoms with Crippen LogP contribution in [0.3, 0.4) is 0 Å². The van der Waals surface area contributed by atoms with Crippen LogP contribution in [0, 0.1) is 0 Å². The van der Waals surface area contributed by atoms with Gasteiger partial charge in [0.2, 0.25) is 0 Å². The standard InChI is InChI=1S/C19H13N3O2S3/c1-10(27-19-20-12-5-2-3-6-13(12)24-19)16-21-17(23)15-11(9-26-18(15)22-16)14-7-4-8-25-14/h2-10H,1H3,(H,21,22,23). The molecule has 1 N–H and O–H groups in total. The van der Waals surface area contributed by atoms with E-state index in [2.05, 4.69) is 9.97 Å². The van der Waals surface area contributed by atoms with Crippen LogP contribution >= 0.6 is 34.4 Å². The number of nitrogens with one attached hydrogen (secondary N) is 1. The van der Waals surface area contributed by atoms with Gasteiger partial charge in [-0.25, -0.2) is 9.97 Å². The molecule has 5 rings (SSSR count). The number of rotatable bonds is 4. The maximum Gasteiger partial charge on any atom is 0.260 e. The topological polar surface area (TPSA) is 71.8 Å². The number of hydrogen-bond donors (Lipinski definition) is 1. The van der Waals surface area contributed by atoms with Gasteiger partial charge >= 0.3 is 0 Å². The number of fused-ring (bicyclic) bond motifs is 2. The average molecular weight is 412 g/mol. The van der Waals surface area contributed by atoms with Gasteiger partial charge < -0.3 is 9.40 Å². The predicted molar refractivity (Wildman–Crippen MR) is 112 cm³/mol. The summed E-state index contributed by atoms with van der Waals surface area (Å²) in [7, 11) is 0. The third-order valence-corrected chi connectivity index (χ3v) is 6.91. The van der Waals surface area contributed by atoms with Crippen LogP contribution in [0.1, 0.15) is 18.0 Å². The van der Waals surface area contributed by atoms with E-state index in [4.69, 9.17) is 9.40 Å². The molecule has 4 aromatic heterocycles. The molecule has 0 spiro atoms. The first-order chi connectivity index (χ1) is 13.2. The third-order valence-electron chi connectivity index (χ3n) is 4.19. The molecular weight excluding hydrogens is 398 g/mol. The summed E-state index contributed by atoms with van der Waals surface area (Å²) in [5, 5.41) is 5.14. The number of thiophene rings is 2. The summed E-state index contributed by atoms with van der Waals surface area (Å²) in [6, 6.07) is 11.7. The lowest BCUT2D eigenvalue weighted by Crippen LogP contribution is -2.12. The van der Waals surface area contributed by atoms with Crippen molar-refractivity contribution in [2.24, 2.45) is 0 Å². The smallest absolute Gasteiger partial charge is 0.260 e. The van der Waals surface area contributed by atoms with Crippen molar-refractivity contribution >= 4 is 55.8 Å². The molecule has 5 aromatic rings. The van der Waals surface area contributed by atoms with E-state index < -0.39 is 0 Å². The Morgan fingerprint density at radius 2 is 2.04 bits per heavy atom. The lowest BCUT2D eigenvalue weighted by molar-refractivity contribution is 0.488. The number of thioether (sulfide) groups is 1. The van der Waals surface area contributed by atoms with Crippen molar-refractivity contribution in [3.8, 4) is 10.4 Å². The first-order valence-electron chi connectivity index (χ1n) is 8.26. The van der Waals surface area contributed by atoms with E-state index in [1.54, 1.807) is 11.3 Å². The summed E-state index contributed by atoms with van der Waals surface area (Å²) in [6.07, 6.45) is 0. The van der Waals surface area contributed by atoms with Gasteiger partial charge in [0.05, 0.1) is 10.6 Å². The Bertz CT molecular complexity index is 1270. The highest BCUT2D eigenvalue weighted by Gasteiger charge is 2.19. The van der Waals surface area contributed by atoms with Crippen molar-refractivity contribution in [1.82, 2.24) is 15.0 Å². The first kappa shape index (κ1) is 16.7. The second-order valence-electron chi connectivity index (χ2n) is 5.97. The van der Waals surface area contributed by atoms with Crippen molar-refractivity contribution in [3.63, 3.8) is 0 Å². The number of benzene rings is 1. The quantitative estimate of drug-likeness (QED) is 0.384. The number of para-hydroxylation sites is 2. The minimum Gasteiger partial charge on any atom is -0.431 e. The van der Waals surface area contributed by atoms with E-state index in [0.717, 1.165) is 26.4 Å². The molecule has 0 aliphatic carbocycles.